The van der Waals surface area contributed by atoms with Gasteiger partial charge in [-0.15, -0.1) is 24.8 Å². The van der Waals surface area contributed by atoms with E-state index >= 15 is 0 Å². The molecule has 0 bridgehead atoms. The van der Waals surface area contributed by atoms with E-state index in [9.17, 15) is 4.79 Å². The minimum atomic E-state index is 0. The fourth-order valence-electron chi connectivity index (χ4n) is 2.72. The molecular weight excluding hydrogens is 285 g/mol. The van der Waals surface area contributed by atoms with Crippen molar-refractivity contribution in [2.24, 2.45) is 5.92 Å². The van der Waals surface area contributed by atoms with E-state index in [0.717, 1.165) is 39.0 Å². The van der Waals surface area contributed by atoms with Crippen molar-refractivity contribution in [1.29, 1.82) is 0 Å². The van der Waals surface area contributed by atoms with Gasteiger partial charge in [0.2, 0.25) is 5.91 Å². The lowest BCUT2D eigenvalue weighted by atomic mass is 10.1. The number of piperidine rings is 1. The van der Waals surface area contributed by atoms with Gasteiger partial charge in [0, 0.05) is 13.1 Å². The molecule has 19 heavy (non-hydrogen) atoms. The molecule has 0 saturated carbocycles. The van der Waals surface area contributed by atoms with Crippen molar-refractivity contribution in [3.05, 3.63) is 0 Å². The van der Waals surface area contributed by atoms with E-state index in [1.807, 2.05) is 0 Å². The summed E-state index contributed by atoms with van der Waals surface area (Å²) >= 11 is 0. The fraction of sp³-hybridized carbons (Fsp3) is 0.923. The summed E-state index contributed by atoms with van der Waals surface area (Å²) in [6, 6.07) is 0. The minimum absolute atomic E-state index is 0. The van der Waals surface area contributed by atoms with Gasteiger partial charge >= 0.3 is 0 Å². The Kier molecular flexibility index (Phi) is 10.7. The lowest BCUT2D eigenvalue weighted by molar-refractivity contribution is -0.124. The molecule has 2 rings (SSSR count). The maximum atomic E-state index is 11.7. The molecule has 2 aliphatic heterocycles. The Morgan fingerprint density at radius 1 is 1.21 bits per heavy atom. The first-order chi connectivity index (χ1) is 8.36. The Labute approximate surface area is 128 Å². The van der Waals surface area contributed by atoms with Gasteiger partial charge in [0.15, 0.2) is 0 Å². The maximum Gasteiger partial charge on any atom is 0.224 e. The van der Waals surface area contributed by atoms with E-state index in [-0.39, 0.29) is 36.6 Å². The monoisotopic (exact) mass is 311 g/mol. The summed E-state index contributed by atoms with van der Waals surface area (Å²) in [5, 5.41) is 6.28. The Morgan fingerprint density at radius 3 is 2.58 bits per heavy atom. The highest BCUT2D eigenvalue weighted by Gasteiger charge is 2.21. The lowest BCUT2D eigenvalue weighted by Crippen LogP contribution is -2.35. The summed E-state index contributed by atoms with van der Waals surface area (Å²) < 4.78 is 0. The Balaban J connectivity index is 0.00000162. The van der Waals surface area contributed by atoms with E-state index in [0.29, 0.717) is 0 Å². The average molecular weight is 312 g/mol. The Morgan fingerprint density at radius 2 is 1.95 bits per heavy atom. The van der Waals surface area contributed by atoms with Crippen LogP contribution in [0.15, 0.2) is 0 Å². The predicted octanol–water partition coefficient (Wildman–Crippen LogP) is 1.43. The molecule has 1 amide bonds. The molecule has 0 aromatic rings. The number of carbonyl (C=O) groups is 1. The number of nitrogens with zero attached hydrogens (tertiary/aromatic N) is 1. The number of amides is 1. The number of hydrogen-bond donors (Lipinski definition) is 2. The van der Waals surface area contributed by atoms with Crippen molar-refractivity contribution in [1.82, 2.24) is 15.5 Å². The van der Waals surface area contributed by atoms with Gasteiger partial charge in [-0.3, -0.25) is 4.79 Å². The van der Waals surface area contributed by atoms with Crippen molar-refractivity contribution in [2.45, 2.75) is 32.1 Å². The zero-order chi connectivity index (χ0) is 11.9. The van der Waals surface area contributed by atoms with Crippen LogP contribution in [0.2, 0.25) is 0 Å². The molecule has 2 fully saturated rings. The molecule has 0 spiro atoms. The second-order valence-electron chi connectivity index (χ2n) is 5.24. The number of nitrogens with one attached hydrogen (secondary N) is 2. The second-order valence-corrected chi connectivity index (χ2v) is 5.24. The third-order valence-electron chi connectivity index (χ3n) is 3.83. The third kappa shape index (κ3) is 6.80. The summed E-state index contributed by atoms with van der Waals surface area (Å²) in [5.74, 6) is 0.457. The van der Waals surface area contributed by atoms with Gasteiger partial charge in [-0.2, -0.15) is 0 Å². The molecule has 4 nitrogen and oxygen atoms in total. The minimum Gasteiger partial charge on any atom is -0.356 e. The summed E-state index contributed by atoms with van der Waals surface area (Å²) in [6.45, 7) is 6.33. The van der Waals surface area contributed by atoms with Crippen LogP contribution in [-0.4, -0.2) is 50.1 Å². The van der Waals surface area contributed by atoms with Crippen LogP contribution in [0.1, 0.15) is 32.1 Å². The van der Waals surface area contributed by atoms with Crippen LogP contribution in [0, 0.1) is 5.92 Å². The standard InChI is InChI=1S/C13H25N3O.2ClH/c17-13(12-5-7-14-11-12)15-6-4-10-16-8-2-1-3-9-16;;/h12,14H,1-11H2,(H,15,17);2*1H. The zero-order valence-corrected chi connectivity index (χ0v) is 13.2. The second kappa shape index (κ2) is 10.7. The lowest BCUT2D eigenvalue weighted by Gasteiger charge is -2.26. The first-order valence-electron chi connectivity index (χ1n) is 7.07. The molecule has 1 atom stereocenters. The molecule has 2 aliphatic rings. The number of likely N-dealkylation sites (tertiary alicyclic amines) is 1. The van der Waals surface area contributed by atoms with E-state index in [1.54, 1.807) is 0 Å². The van der Waals surface area contributed by atoms with Crippen LogP contribution >= 0.6 is 24.8 Å². The summed E-state index contributed by atoms with van der Waals surface area (Å²) in [5.41, 5.74) is 0. The van der Waals surface area contributed by atoms with Gasteiger partial charge in [0.05, 0.1) is 5.92 Å². The van der Waals surface area contributed by atoms with Crippen molar-refractivity contribution in [3.8, 4) is 0 Å². The van der Waals surface area contributed by atoms with Gasteiger partial charge in [0.1, 0.15) is 0 Å². The van der Waals surface area contributed by atoms with Crippen LogP contribution in [-0.2, 0) is 4.79 Å². The van der Waals surface area contributed by atoms with Gasteiger partial charge in [0.25, 0.3) is 0 Å². The quantitative estimate of drug-likeness (QED) is 0.755. The molecule has 2 N–H and O–H groups in total. The Bertz CT molecular complexity index is 242. The third-order valence-corrected chi connectivity index (χ3v) is 3.83. The van der Waals surface area contributed by atoms with Crippen LogP contribution < -0.4 is 10.6 Å². The van der Waals surface area contributed by atoms with Crippen LogP contribution in [0.25, 0.3) is 0 Å². The number of rotatable bonds is 5. The fourth-order valence-corrected chi connectivity index (χ4v) is 2.72. The molecular formula is C13H27Cl2N3O. The average Bonchev–Trinajstić information content (AvgIpc) is 2.89. The van der Waals surface area contributed by atoms with Gasteiger partial charge in [-0.1, -0.05) is 6.42 Å². The van der Waals surface area contributed by atoms with Crippen LogP contribution in [0.4, 0.5) is 0 Å². The van der Waals surface area contributed by atoms with Crippen molar-refractivity contribution in [3.63, 3.8) is 0 Å². The molecule has 6 heteroatoms. The topological polar surface area (TPSA) is 44.4 Å². The highest BCUT2D eigenvalue weighted by molar-refractivity contribution is 5.85. The molecule has 114 valence electrons. The largest absolute Gasteiger partial charge is 0.356 e. The molecule has 2 saturated heterocycles. The number of carbonyl (C=O) groups excluding carboxylic acids is 1. The van der Waals surface area contributed by atoms with E-state index < -0.39 is 0 Å². The molecule has 0 radical (unpaired) electrons. The SMILES string of the molecule is Cl.Cl.O=C(NCCCN1CCCCC1)C1CCNC1. The van der Waals surface area contributed by atoms with E-state index in [1.165, 1.54) is 32.4 Å². The number of halogens is 2. The highest BCUT2D eigenvalue weighted by Crippen LogP contribution is 2.09. The van der Waals surface area contributed by atoms with Crippen molar-refractivity contribution < 1.29 is 4.79 Å². The summed E-state index contributed by atoms with van der Waals surface area (Å²) in [6.07, 6.45) is 6.17. The van der Waals surface area contributed by atoms with Crippen molar-refractivity contribution in [2.75, 3.05) is 39.3 Å². The van der Waals surface area contributed by atoms with Crippen LogP contribution in [0.5, 0.6) is 0 Å². The van der Waals surface area contributed by atoms with Gasteiger partial charge in [-0.25, -0.2) is 0 Å². The summed E-state index contributed by atoms with van der Waals surface area (Å²) in [4.78, 5) is 14.3. The Hall–Kier alpha value is -0.0300. The smallest absolute Gasteiger partial charge is 0.224 e. The number of hydrogen-bond acceptors (Lipinski definition) is 3. The first-order valence-corrected chi connectivity index (χ1v) is 7.07. The predicted molar refractivity (Wildman–Crippen MR) is 83.4 cm³/mol. The van der Waals surface area contributed by atoms with E-state index in [4.69, 9.17) is 0 Å². The zero-order valence-electron chi connectivity index (χ0n) is 11.5. The maximum absolute atomic E-state index is 11.7. The highest BCUT2D eigenvalue weighted by atomic mass is 35.5. The van der Waals surface area contributed by atoms with Crippen molar-refractivity contribution >= 4 is 30.7 Å². The normalized spacial score (nSPS) is 23.3. The van der Waals surface area contributed by atoms with Gasteiger partial charge in [-0.05, 0) is 51.9 Å². The van der Waals surface area contributed by atoms with Crippen LogP contribution in [0.3, 0.4) is 0 Å². The molecule has 0 aliphatic carbocycles. The van der Waals surface area contributed by atoms with E-state index in [2.05, 4.69) is 15.5 Å². The molecule has 2 heterocycles. The first kappa shape index (κ1) is 19.0. The molecule has 1 unspecified atom stereocenters. The molecule has 0 aromatic carbocycles. The van der Waals surface area contributed by atoms with Gasteiger partial charge < -0.3 is 15.5 Å². The molecule has 0 aromatic heterocycles. The summed E-state index contributed by atoms with van der Waals surface area (Å²) in [7, 11) is 0.